The van der Waals surface area contributed by atoms with Crippen LogP contribution in [0.5, 0.6) is 0 Å². The van der Waals surface area contributed by atoms with Crippen molar-refractivity contribution in [3.63, 3.8) is 0 Å². The number of nitrogens with one attached hydrogen (secondary N) is 2. The van der Waals surface area contributed by atoms with Crippen LogP contribution in [-0.2, 0) is 0 Å². The van der Waals surface area contributed by atoms with Crippen LogP contribution in [0.2, 0.25) is 5.02 Å². The number of anilines is 2. The van der Waals surface area contributed by atoms with Gasteiger partial charge in [0.1, 0.15) is 0 Å². The van der Waals surface area contributed by atoms with Crippen LogP contribution in [0.1, 0.15) is 58.3 Å². The van der Waals surface area contributed by atoms with Gasteiger partial charge in [-0.15, -0.1) is 0 Å². The van der Waals surface area contributed by atoms with Gasteiger partial charge in [0.2, 0.25) is 0 Å². The summed E-state index contributed by atoms with van der Waals surface area (Å²) in [4.78, 5) is 13.1. The van der Waals surface area contributed by atoms with E-state index >= 15 is 0 Å². The van der Waals surface area contributed by atoms with E-state index in [0.29, 0.717) is 28.5 Å². The number of fused-ring (bicyclic) bond motifs is 7. The number of carbonyl (C=O) groups excluding carboxylic acids is 1. The van der Waals surface area contributed by atoms with Gasteiger partial charge in [0.15, 0.2) is 0 Å². The van der Waals surface area contributed by atoms with E-state index in [1.807, 2.05) is 31.2 Å². The van der Waals surface area contributed by atoms with E-state index in [0.717, 1.165) is 23.1 Å². The molecule has 3 aromatic carbocycles. The van der Waals surface area contributed by atoms with Crippen LogP contribution < -0.4 is 10.6 Å². The highest BCUT2D eigenvalue weighted by atomic mass is 35.5. The monoisotopic (exact) mass is 442 g/mol. The summed E-state index contributed by atoms with van der Waals surface area (Å²) in [7, 11) is 0. The summed E-state index contributed by atoms with van der Waals surface area (Å²) in [6, 6.07) is 23.0. The molecule has 1 aliphatic heterocycles. The maximum atomic E-state index is 13.1. The Hall–Kier alpha value is -2.78. The quantitative estimate of drug-likeness (QED) is 0.450. The third-order valence-corrected chi connectivity index (χ3v) is 8.43. The van der Waals surface area contributed by atoms with Gasteiger partial charge in [0, 0.05) is 22.0 Å². The summed E-state index contributed by atoms with van der Waals surface area (Å²) in [6.45, 7) is 1.93. The van der Waals surface area contributed by atoms with Crippen LogP contribution in [0, 0.1) is 24.7 Å². The Labute approximate surface area is 194 Å². The Balaban J connectivity index is 1.35. The van der Waals surface area contributed by atoms with Crippen molar-refractivity contribution < 1.29 is 4.79 Å². The van der Waals surface area contributed by atoms with Crippen LogP contribution in [0.4, 0.5) is 11.4 Å². The molecule has 1 heterocycles. The molecular weight excluding hydrogens is 416 g/mol. The first kappa shape index (κ1) is 19.9. The number of halogens is 1. The van der Waals surface area contributed by atoms with Gasteiger partial charge in [-0.05, 0) is 96.9 Å². The third-order valence-electron chi connectivity index (χ3n) is 8.02. The second-order valence-corrected chi connectivity index (χ2v) is 10.0. The second kappa shape index (κ2) is 7.67. The molecule has 0 saturated heterocycles. The average molecular weight is 443 g/mol. The normalized spacial score (nSPS) is 27.4. The lowest BCUT2D eigenvalue weighted by Gasteiger charge is -2.43. The van der Waals surface area contributed by atoms with Crippen molar-refractivity contribution >= 4 is 28.9 Å². The number of benzene rings is 3. The summed E-state index contributed by atoms with van der Waals surface area (Å²) in [5.41, 5.74) is 6.25. The predicted molar refractivity (Wildman–Crippen MR) is 130 cm³/mol. The fourth-order valence-electron chi connectivity index (χ4n) is 6.55. The highest BCUT2D eigenvalue weighted by Gasteiger charge is 2.53. The molecule has 0 spiro atoms. The maximum absolute atomic E-state index is 13.1. The van der Waals surface area contributed by atoms with Gasteiger partial charge in [0.05, 0.1) is 6.04 Å². The fourth-order valence-corrected chi connectivity index (χ4v) is 6.73. The third kappa shape index (κ3) is 3.14. The van der Waals surface area contributed by atoms with Crippen LogP contribution in [-0.4, -0.2) is 5.91 Å². The SMILES string of the molecule is Cc1c(Cl)cccc1NC(=O)c1ccc2c(c1)[C@@H]1[C@H]3CC[C@@H](C3)[C@@H]1[C@@H](c1ccccc1)N2. The van der Waals surface area contributed by atoms with E-state index < -0.39 is 0 Å². The first-order chi connectivity index (χ1) is 15.6. The Kier molecular flexibility index (Phi) is 4.76. The molecule has 2 N–H and O–H groups in total. The molecule has 3 aliphatic rings. The molecule has 0 unspecified atom stereocenters. The number of amides is 1. The van der Waals surface area contributed by atoms with E-state index in [4.69, 9.17) is 11.6 Å². The Bertz CT molecular complexity index is 1190. The van der Waals surface area contributed by atoms with Gasteiger partial charge in [-0.3, -0.25) is 4.79 Å². The zero-order valence-electron chi connectivity index (χ0n) is 18.1. The largest absolute Gasteiger partial charge is 0.378 e. The first-order valence-electron chi connectivity index (χ1n) is 11.6. The van der Waals surface area contributed by atoms with Gasteiger partial charge in [-0.1, -0.05) is 48.0 Å². The van der Waals surface area contributed by atoms with Crippen molar-refractivity contribution in [1.82, 2.24) is 0 Å². The van der Waals surface area contributed by atoms with E-state index in [9.17, 15) is 4.79 Å². The molecule has 0 radical (unpaired) electrons. The molecule has 3 nitrogen and oxygen atoms in total. The second-order valence-electron chi connectivity index (χ2n) is 9.64. The molecule has 3 aromatic rings. The summed E-state index contributed by atoms with van der Waals surface area (Å²) in [6.07, 6.45) is 3.96. The van der Waals surface area contributed by atoms with Gasteiger partial charge < -0.3 is 10.6 Å². The summed E-state index contributed by atoms with van der Waals surface area (Å²) in [5, 5.41) is 7.57. The zero-order valence-corrected chi connectivity index (χ0v) is 18.9. The fraction of sp³-hybridized carbons (Fsp3) is 0.321. The van der Waals surface area contributed by atoms with Gasteiger partial charge >= 0.3 is 0 Å². The van der Waals surface area contributed by atoms with Crippen LogP contribution in [0.15, 0.2) is 66.7 Å². The lowest BCUT2D eigenvalue weighted by Crippen LogP contribution is -2.35. The van der Waals surface area contributed by atoms with Crippen LogP contribution in [0.25, 0.3) is 0 Å². The standard InChI is InChI=1S/C28H27ClN2O/c1-16-22(29)8-5-9-23(16)31-28(32)20-12-13-24-21(15-20)25-18-10-11-19(14-18)26(25)27(30-24)17-6-3-2-4-7-17/h2-9,12-13,15,18-19,25-27,30H,10-11,14H2,1H3,(H,31,32)/t18-,19-,25-,26-,27+/m0/s1. The lowest BCUT2D eigenvalue weighted by atomic mass is 9.68. The molecule has 1 amide bonds. The lowest BCUT2D eigenvalue weighted by molar-refractivity contribution is 0.102. The molecule has 2 saturated carbocycles. The van der Waals surface area contributed by atoms with Crippen molar-refractivity contribution in [2.45, 2.75) is 38.1 Å². The van der Waals surface area contributed by atoms with Crippen molar-refractivity contribution in [1.29, 1.82) is 0 Å². The van der Waals surface area contributed by atoms with E-state index in [-0.39, 0.29) is 5.91 Å². The van der Waals surface area contributed by atoms with Crippen molar-refractivity contribution in [3.05, 3.63) is 94.0 Å². The van der Waals surface area contributed by atoms with Gasteiger partial charge in [0.25, 0.3) is 5.91 Å². The molecule has 2 aliphatic carbocycles. The minimum atomic E-state index is -0.0805. The number of carbonyl (C=O) groups is 1. The van der Waals surface area contributed by atoms with Crippen molar-refractivity contribution in [2.75, 3.05) is 10.6 Å². The van der Waals surface area contributed by atoms with Crippen molar-refractivity contribution in [3.8, 4) is 0 Å². The molecule has 162 valence electrons. The highest BCUT2D eigenvalue weighted by Crippen LogP contribution is 2.63. The van der Waals surface area contributed by atoms with Crippen LogP contribution in [0.3, 0.4) is 0 Å². The summed E-state index contributed by atoms with van der Waals surface area (Å²) < 4.78 is 0. The first-order valence-corrected chi connectivity index (χ1v) is 12.0. The Morgan fingerprint density at radius 1 is 1.00 bits per heavy atom. The number of hydrogen-bond acceptors (Lipinski definition) is 2. The van der Waals surface area contributed by atoms with Gasteiger partial charge in [-0.25, -0.2) is 0 Å². The molecule has 2 bridgehead atoms. The van der Waals surface area contributed by atoms with E-state index in [1.54, 1.807) is 0 Å². The smallest absolute Gasteiger partial charge is 0.255 e. The minimum absolute atomic E-state index is 0.0805. The topological polar surface area (TPSA) is 41.1 Å². The minimum Gasteiger partial charge on any atom is -0.378 e. The predicted octanol–water partition coefficient (Wildman–Crippen LogP) is 7.20. The molecule has 6 rings (SSSR count). The molecule has 2 fully saturated rings. The number of hydrogen-bond donors (Lipinski definition) is 2. The summed E-state index contributed by atoms with van der Waals surface area (Å²) >= 11 is 6.24. The maximum Gasteiger partial charge on any atom is 0.255 e. The Morgan fingerprint density at radius 2 is 1.81 bits per heavy atom. The zero-order chi connectivity index (χ0) is 21.8. The molecular formula is C28H27ClN2O. The van der Waals surface area contributed by atoms with Crippen LogP contribution >= 0.6 is 11.6 Å². The Morgan fingerprint density at radius 3 is 2.66 bits per heavy atom. The molecule has 0 aromatic heterocycles. The van der Waals surface area contributed by atoms with E-state index in [1.165, 1.54) is 36.1 Å². The van der Waals surface area contributed by atoms with E-state index in [2.05, 4.69) is 53.1 Å². The average Bonchev–Trinajstić information content (AvgIpc) is 3.44. The van der Waals surface area contributed by atoms with Gasteiger partial charge in [-0.2, -0.15) is 0 Å². The summed E-state index contributed by atoms with van der Waals surface area (Å²) in [5.74, 6) is 2.53. The molecule has 4 heteroatoms. The molecule has 32 heavy (non-hydrogen) atoms. The molecule has 5 atom stereocenters. The number of rotatable bonds is 3. The van der Waals surface area contributed by atoms with Crippen molar-refractivity contribution in [2.24, 2.45) is 17.8 Å². The highest BCUT2D eigenvalue weighted by molar-refractivity contribution is 6.31.